The molecule has 0 saturated heterocycles. The quantitative estimate of drug-likeness (QED) is 0.606. The number of halogens is 1. The van der Waals surface area contributed by atoms with Crippen LogP contribution in [-0.2, 0) is 9.59 Å². The highest BCUT2D eigenvalue weighted by Crippen LogP contribution is 2.25. The van der Waals surface area contributed by atoms with Crippen molar-refractivity contribution in [3.63, 3.8) is 0 Å². The van der Waals surface area contributed by atoms with Gasteiger partial charge in [0.2, 0.25) is 11.8 Å². The van der Waals surface area contributed by atoms with Crippen LogP contribution in [0.4, 0.5) is 15.8 Å². The molecule has 0 bridgehead atoms. The van der Waals surface area contributed by atoms with Gasteiger partial charge >= 0.3 is 0 Å². The summed E-state index contributed by atoms with van der Waals surface area (Å²) in [5.41, 5.74) is 1.82. The number of hydrogen-bond acceptors (Lipinski definition) is 4. The Labute approximate surface area is 173 Å². The van der Waals surface area contributed by atoms with Gasteiger partial charge in [-0.3, -0.25) is 14.6 Å². The molecule has 0 atom stereocenters. The first-order valence-electron chi connectivity index (χ1n) is 9.13. The molecule has 0 aliphatic rings. The van der Waals surface area contributed by atoms with E-state index in [2.05, 4.69) is 10.3 Å². The summed E-state index contributed by atoms with van der Waals surface area (Å²) in [6.07, 6.45) is 5.90. The van der Waals surface area contributed by atoms with Gasteiger partial charge in [-0.1, -0.05) is 6.07 Å². The van der Waals surface area contributed by atoms with Gasteiger partial charge in [0.15, 0.2) is 11.6 Å². The van der Waals surface area contributed by atoms with Crippen molar-refractivity contribution in [2.75, 3.05) is 17.3 Å². The van der Waals surface area contributed by atoms with E-state index in [0.717, 1.165) is 5.69 Å². The molecule has 30 heavy (non-hydrogen) atoms. The maximum atomic E-state index is 14.3. The van der Waals surface area contributed by atoms with Crippen molar-refractivity contribution in [2.45, 2.75) is 6.92 Å². The number of carbonyl (C=O) groups is 2. The zero-order chi connectivity index (χ0) is 21.5. The zero-order valence-corrected chi connectivity index (χ0v) is 16.5. The molecule has 1 heterocycles. The summed E-state index contributed by atoms with van der Waals surface area (Å²) >= 11 is 0. The smallest absolute Gasteiger partial charge is 0.248 e. The molecule has 1 N–H and O–H groups in total. The molecule has 0 spiro atoms. The van der Waals surface area contributed by atoms with Crippen LogP contribution in [0.15, 0.2) is 73.1 Å². The Morgan fingerprint density at radius 2 is 1.90 bits per heavy atom. The van der Waals surface area contributed by atoms with E-state index in [1.165, 1.54) is 42.3 Å². The summed E-state index contributed by atoms with van der Waals surface area (Å²) in [6, 6.07) is 14.6. The van der Waals surface area contributed by atoms with Gasteiger partial charge in [0, 0.05) is 37.6 Å². The maximum Gasteiger partial charge on any atom is 0.248 e. The first kappa shape index (κ1) is 20.7. The number of carbonyl (C=O) groups excluding carboxylic acids is 2. The predicted molar refractivity (Wildman–Crippen MR) is 114 cm³/mol. The van der Waals surface area contributed by atoms with Gasteiger partial charge in [-0.2, -0.15) is 0 Å². The van der Waals surface area contributed by atoms with Gasteiger partial charge in [0.1, 0.15) is 5.75 Å². The molecule has 2 aromatic carbocycles. The number of pyridine rings is 1. The molecule has 152 valence electrons. The second kappa shape index (κ2) is 9.47. The van der Waals surface area contributed by atoms with Crippen LogP contribution in [-0.4, -0.2) is 23.8 Å². The average Bonchev–Trinajstić information content (AvgIpc) is 2.75. The fourth-order valence-electron chi connectivity index (χ4n) is 2.54. The number of nitrogens with one attached hydrogen (secondary N) is 1. The van der Waals surface area contributed by atoms with E-state index in [0.29, 0.717) is 17.0 Å². The molecular weight excluding hydrogens is 385 g/mol. The molecule has 6 nitrogen and oxygen atoms in total. The van der Waals surface area contributed by atoms with Crippen LogP contribution in [0.2, 0.25) is 0 Å². The van der Waals surface area contributed by atoms with Crippen molar-refractivity contribution in [3.8, 4) is 11.5 Å². The minimum absolute atomic E-state index is 0.0696. The molecule has 2 amide bonds. The normalized spacial score (nSPS) is 10.6. The summed E-state index contributed by atoms with van der Waals surface area (Å²) < 4.78 is 19.7. The highest BCUT2D eigenvalue weighted by atomic mass is 19.1. The minimum Gasteiger partial charge on any atom is -0.453 e. The number of anilines is 2. The lowest BCUT2D eigenvalue weighted by molar-refractivity contribution is -0.116. The highest BCUT2D eigenvalue weighted by Gasteiger charge is 2.07. The molecule has 3 aromatic rings. The van der Waals surface area contributed by atoms with Crippen LogP contribution >= 0.6 is 0 Å². The second-order valence-corrected chi connectivity index (χ2v) is 6.43. The minimum atomic E-state index is -0.549. The van der Waals surface area contributed by atoms with Crippen LogP contribution < -0.4 is 15.0 Å². The van der Waals surface area contributed by atoms with E-state index < -0.39 is 5.82 Å². The van der Waals surface area contributed by atoms with Crippen LogP contribution in [0.25, 0.3) is 6.08 Å². The summed E-state index contributed by atoms with van der Waals surface area (Å²) in [5.74, 6) is -0.496. The molecule has 0 radical (unpaired) electrons. The van der Waals surface area contributed by atoms with Crippen LogP contribution in [0.5, 0.6) is 11.5 Å². The summed E-state index contributed by atoms with van der Waals surface area (Å²) in [7, 11) is 1.67. The van der Waals surface area contributed by atoms with Crippen molar-refractivity contribution in [3.05, 3.63) is 84.4 Å². The summed E-state index contributed by atoms with van der Waals surface area (Å²) in [4.78, 5) is 28.9. The SMILES string of the molecule is CC(=O)N(C)c1ccc(NC(=O)/C=C/c2ccc(Oc3cccnc3)c(F)c2)cc1. The van der Waals surface area contributed by atoms with Gasteiger partial charge < -0.3 is 15.0 Å². The van der Waals surface area contributed by atoms with E-state index in [9.17, 15) is 14.0 Å². The lowest BCUT2D eigenvalue weighted by atomic mass is 10.2. The number of benzene rings is 2. The monoisotopic (exact) mass is 405 g/mol. The number of rotatable bonds is 6. The average molecular weight is 405 g/mol. The molecular formula is C23H20FN3O3. The Hall–Kier alpha value is -4.00. The number of ether oxygens (including phenoxy) is 1. The summed E-state index contributed by atoms with van der Waals surface area (Å²) in [5, 5.41) is 2.71. The molecule has 1 aromatic heterocycles. The number of hydrogen-bond donors (Lipinski definition) is 1. The zero-order valence-electron chi connectivity index (χ0n) is 16.5. The third kappa shape index (κ3) is 5.51. The lowest BCUT2D eigenvalue weighted by Crippen LogP contribution is -2.22. The maximum absolute atomic E-state index is 14.3. The Kier molecular flexibility index (Phi) is 6.54. The summed E-state index contributed by atoms with van der Waals surface area (Å²) in [6.45, 7) is 1.47. The Balaban J connectivity index is 1.60. The lowest BCUT2D eigenvalue weighted by Gasteiger charge is -2.15. The molecule has 0 unspecified atom stereocenters. The van der Waals surface area contributed by atoms with Crippen LogP contribution in [0.1, 0.15) is 12.5 Å². The predicted octanol–water partition coefficient (Wildman–Crippen LogP) is 4.65. The molecule has 0 fully saturated rings. The fraction of sp³-hybridized carbons (Fsp3) is 0.0870. The van der Waals surface area contributed by atoms with Crippen molar-refractivity contribution >= 4 is 29.3 Å². The van der Waals surface area contributed by atoms with Gasteiger partial charge in [-0.15, -0.1) is 0 Å². The second-order valence-electron chi connectivity index (χ2n) is 6.43. The third-order valence-electron chi connectivity index (χ3n) is 4.24. The van der Waals surface area contributed by atoms with Gasteiger partial charge in [-0.25, -0.2) is 4.39 Å². The Bertz CT molecular complexity index is 1070. The van der Waals surface area contributed by atoms with E-state index in [-0.39, 0.29) is 17.6 Å². The first-order valence-corrected chi connectivity index (χ1v) is 9.13. The van der Waals surface area contributed by atoms with Crippen molar-refractivity contribution in [1.82, 2.24) is 4.98 Å². The van der Waals surface area contributed by atoms with E-state index in [1.54, 1.807) is 55.7 Å². The number of aromatic nitrogens is 1. The van der Waals surface area contributed by atoms with Gasteiger partial charge in [0.25, 0.3) is 0 Å². The van der Waals surface area contributed by atoms with Crippen LogP contribution in [0.3, 0.4) is 0 Å². The van der Waals surface area contributed by atoms with E-state index >= 15 is 0 Å². The highest BCUT2D eigenvalue weighted by molar-refractivity contribution is 6.02. The molecule has 0 aliphatic carbocycles. The molecule has 7 heteroatoms. The Morgan fingerprint density at radius 3 is 2.53 bits per heavy atom. The largest absolute Gasteiger partial charge is 0.453 e. The Morgan fingerprint density at radius 1 is 1.13 bits per heavy atom. The van der Waals surface area contributed by atoms with Crippen molar-refractivity contribution in [1.29, 1.82) is 0 Å². The first-order chi connectivity index (χ1) is 14.4. The van der Waals surface area contributed by atoms with E-state index in [4.69, 9.17) is 4.74 Å². The van der Waals surface area contributed by atoms with E-state index in [1.807, 2.05) is 0 Å². The van der Waals surface area contributed by atoms with Gasteiger partial charge in [0.05, 0.1) is 6.20 Å². The molecule has 3 rings (SSSR count). The van der Waals surface area contributed by atoms with Crippen molar-refractivity contribution < 1.29 is 18.7 Å². The fourth-order valence-corrected chi connectivity index (χ4v) is 2.54. The molecule has 0 aliphatic heterocycles. The third-order valence-corrected chi connectivity index (χ3v) is 4.24. The standard InChI is InChI=1S/C23H20FN3O3/c1-16(28)27(2)19-9-7-18(8-10-19)26-23(29)12-6-17-5-11-22(21(24)14-17)30-20-4-3-13-25-15-20/h3-15H,1-2H3,(H,26,29)/b12-6+. The number of amides is 2. The van der Waals surface area contributed by atoms with Gasteiger partial charge in [-0.05, 0) is 60.2 Å². The van der Waals surface area contributed by atoms with Crippen LogP contribution in [0, 0.1) is 5.82 Å². The van der Waals surface area contributed by atoms with Crippen molar-refractivity contribution in [2.24, 2.45) is 0 Å². The number of nitrogens with zero attached hydrogens (tertiary/aromatic N) is 2. The molecule has 0 saturated carbocycles. The topological polar surface area (TPSA) is 71.5 Å².